The first-order valence-corrected chi connectivity index (χ1v) is 11.3. The summed E-state index contributed by atoms with van der Waals surface area (Å²) < 4.78 is 13.8. The molecule has 124 valence electrons. The number of rotatable bonds is 4. The molecular weight excluding hydrogens is 387 g/mol. The quantitative estimate of drug-likeness (QED) is 0.623. The van der Waals surface area contributed by atoms with Crippen molar-refractivity contribution >= 4 is 50.8 Å². The van der Waals surface area contributed by atoms with E-state index in [1.807, 2.05) is 12.1 Å². The van der Waals surface area contributed by atoms with Crippen LogP contribution in [0.4, 0.5) is 11.5 Å². The van der Waals surface area contributed by atoms with E-state index < -0.39 is 7.14 Å². The van der Waals surface area contributed by atoms with Gasteiger partial charge in [0.15, 0.2) is 0 Å². The minimum atomic E-state index is -2.51. The van der Waals surface area contributed by atoms with Crippen molar-refractivity contribution in [3.05, 3.63) is 40.6 Å². The molecule has 5 nitrogen and oxygen atoms in total. The summed E-state index contributed by atoms with van der Waals surface area (Å²) in [5.41, 5.74) is 2.88. The second-order valence-electron chi connectivity index (χ2n) is 6.61. The van der Waals surface area contributed by atoms with Crippen LogP contribution in [0.15, 0.2) is 34.9 Å². The van der Waals surface area contributed by atoms with Gasteiger partial charge in [-0.2, -0.15) is 5.10 Å². The van der Waals surface area contributed by atoms with Gasteiger partial charge >= 0.3 is 0 Å². The minimum absolute atomic E-state index is 0.603. The maximum Gasteiger partial charge on any atom is 0.140 e. The van der Waals surface area contributed by atoms with Gasteiger partial charge in [0.05, 0.1) is 21.9 Å². The fourth-order valence-corrected chi connectivity index (χ4v) is 4.76. The molecular formula is C17H18BrN4OP. The zero-order valence-electron chi connectivity index (χ0n) is 13.5. The standard InChI is InChI=1S/C17H18BrN4OP/c1-24(2,23)16-11-5-6-13(10-3-4-10)20-14(11)7-8-15(16)21-17-12(18)9-19-22-17/h5-10H,3-4H2,1-2H3,(H2,19,21,22). The summed E-state index contributed by atoms with van der Waals surface area (Å²) in [7, 11) is -2.51. The van der Waals surface area contributed by atoms with Crippen molar-refractivity contribution < 1.29 is 4.57 Å². The Labute approximate surface area is 148 Å². The van der Waals surface area contributed by atoms with Crippen LogP contribution in [0.2, 0.25) is 0 Å². The van der Waals surface area contributed by atoms with Crippen molar-refractivity contribution in [3.8, 4) is 0 Å². The molecule has 0 spiro atoms. The maximum absolute atomic E-state index is 13.0. The number of H-pyrrole nitrogens is 1. The summed E-state index contributed by atoms with van der Waals surface area (Å²) >= 11 is 3.44. The maximum atomic E-state index is 13.0. The van der Waals surface area contributed by atoms with Gasteiger partial charge in [-0.1, -0.05) is 6.07 Å². The Morgan fingerprint density at radius 2 is 2.04 bits per heavy atom. The molecule has 4 rings (SSSR count). The first-order chi connectivity index (χ1) is 11.4. The average molecular weight is 405 g/mol. The molecule has 2 N–H and O–H groups in total. The summed E-state index contributed by atoms with van der Waals surface area (Å²) in [6.45, 7) is 3.59. The van der Waals surface area contributed by atoms with Gasteiger partial charge in [0.2, 0.25) is 0 Å². The van der Waals surface area contributed by atoms with Crippen molar-refractivity contribution in [2.45, 2.75) is 18.8 Å². The van der Waals surface area contributed by atoms with E-state index in [2.05, 4.69) is 43.6 Å². The molecule has 1 saturated carbocycles. The fraction of sp³-hybridized carbons (Fsp3) is 0.294. The Morgan fingerprint density at radius 3 is 2.67 bits per heavy atom. The average Bonchev–Trinajstić information content (AvgIpc) is 3.30. The van der Waals surface area contributed by atoms with Crippen molar-refractivity contribution in [2.75, 3.05) is 18.6 Å². The predicted molar refractivity (Wildman–Crippen MR) is 102 cm³/mol. The van der Waals surface area contributed by atoms with Gasteiger partial charge in [-0.05, 0) is 60.3 Å². The Bertz CT molecular complexity index is 974. The SMILES string of the molecule is CP(C)(=O)c1c(Nc2[nH]ncc2Br)ccc2nc(C3CC3)ccc12. The molecule has 0 atom stereocenters. The normalized spacial score (nSPS) is 15.0. The van der Waals surface area contributed by atoms with Crippen LogP contribution in [0.25, 0.3) is 10.9 Å². The van der Waals surface area contributed by atoms with Crippen LogP contribution in [-0.2, 0) is 4.57 Å². The van der Waals surface area contributed by atoms with Gasteiger partial charge in [0, 0.05) is 22.3 Å². The number of nitrogens with zero attached hydrogens (tertiary/aromatic N) is 2. The molecule has 1 fully saturated rings. The molecule has 0 unspecified atom stereocenters. The van der Waals surface area contributed by atoms with Crippen LogP contribution in [0.3, 0.4) is 0 Å². The second kappa shape index (κ2) is 5.71. The number of aromatic nitrogens is 3. The highest BCUT2D eigenvalue weighted by Crippen LogP contribution is 2.43. The van der Waals surface area contributed by atoms with Gasteiger partial charge in [-0.3, -0.25) is 10.1 Å². The number of pyridine rings is 1. The topological polar surface area (TPSA) is 70.7 Å². The molecule has 0 bridgehead atoms. The highest BCUT2D eigenvalue weighted by molar-refractivity contribution is 9.10. The number of nitrogens with one attached hydrogen (secondary N) is 2. The van der Waals surface area contributed by atoms with Crippen LogP contribution in [0.1, 0.15) is 24.5 Å². The monoisotopic (exact) mass is 404 g/mol. The summed E-state index contributed by atoms with van der Waals surface area (Å²) in [6.07, 6.45) is 4.13. The Morgan fingerprint density at radius 1 is 1.25 bits per heavy atom. The lowest BCUT2D eigenvalue weighted by Gasteiger charge is -2.17. The minimum Gasteiger partial charge on any atom is -0.339 e. The van der Waals surface area contributed by atoms with E-state index in [4.69, 9.17) is 4.98 Å². The van der Waals surface area contributed by atoms with Gasteiger partial charge in [-0.15, -0.1) is 0 Å². The summed E-state index contributed by atoms with van der Waals surface area (Å²) in [5.74, 6) is 1.35. The molecule has 1 aliphatic carbocycles. The van der Waals surface area contributed by atoms with E-state index in [0.717, 1.165) is 37.9 Å². The zero-order valence-corrected chi connectivity index (χ0v) is 16.0. The lowest BCUT2D eigenvalue weighted by Crippen LogP contribution is -2.12. The summed E-state index contributed by atoms with van der Waals surface area (Å²) in [5, 5.41) is 12.0. The zero-order chi connectivity index (χ0) is 16.9. The smallest absolute Gasteiger partial charge is 0.140 e. The van der Waals surface area contributed by atoms with Gasteiger partial charge in [0.25, 0.3) is 0 Å². The highest BCUT2D eigenvalue weighted by Gasteiger charge is 2.26. The molecule has 0 saturated heterocycles. The van der Waals surface area contributed by atoms with Crippen molar-refractivity contribution in [2.24, 2.45) is 0 Å². The molecule has 1 aromatic carbocycles. The lowest BCUT2D eigenvalue weighted by atomic mass is 10.1. The van der Waals surface area contributed by atoms with E-state index in [9.17, 15) is 4.57 Å². The summed E-state index contributed by atoms with van der Waals surface area (Å²) in [6, 6.07) is 8.09. The third-order valence-corrected chi connectivity index (χ3v) is 6.41. The number of hydrogen-bond donors (Lipinski definition) is 2. The number of aromatic amines is 1. The van der Waals surface area contributed by atoms with Gasteiger partial charge < -0.3 is 9.88 Å². The molecule has 7 heteroatoms. The van der Waals surface area contributed by atoms with Gasteiger partial charge in [-0.25, -0.2) is 0 Å². The number of benzene rings is 1. The summed E-state index contributed by atoms with van der Waals surface area (Å²) in [4.78, 5) is 4.79. The number of fused-ring (bicyclic) bond motifs is 1. The Hall–Kier alpha value is -1.65. The number of halogens is 1. The van der Waals surface area contributed by atoms with Crippen LogP contribution in [-0.4, -0.2) is 28.5 Å². The van der Waals surface area contributed by atoms with E-state index in [1.165, 1.54) is 12.8 Å². The molecule has 0 amide bonds. The van der Waals surface area contributed by atoms with E-state index in [1.54, 1.807) is 19.5 Å². The Kier molecular flexibility index (Phi) is 3.77. The van der Waals surface area contributed by atoms with E-state index in [-0.39, 0.29) is 0 Å². The van der Waals surface area contributed by atoms with E-state index >= 15 is 0 Å². The fourth-order valence-electron chi connectivity index (χ4n) is 2.99. The van der Waals surface area contributed by atoms with Crippen LogP contribution in [0.5, 0.6) is 0 Å². The van der Waals surface area contributed by atoms with Gasteiger partial charge in [0.1, 0.15) is 13.0 Å². The number of hydrogen-bond acceptors (Lipinski definition) is 4. The molecule has 0 aliphatic heterocycles. The molecule has 0 radical (unpaired) electrons. The number of anilines is 2. The third kappa shape index (κ3) is 2.89. The van der Waals surface area contributed by atoms with E-state index in [0.29, 0.717) is 5.92 Å². The second-order valence-corrected chi connectivity index (χ2v) is 10.6. The molecule has 2 heterocycles. The molecule has 1 aliphatic rings. The van der Waals surface area contributed by atoms with Crippen molar-refractivity contribution in [1.82, 2.24) is 15.2 Å². The predicted octanol–water partition coefficient (Wildman–Crippen LogP) is 4.59. The van der Waals surface area contributed by atoms with Crippen molar-refractivity contribution in [3.63, 3.8) is 0 Å². The molecule has 24 heavy (non-hydrogen) atoms. The first-order valence-electron chi connectivity index (χ1n) is 7.88. The highest BCUT2D eigenvalue weighted by atomic mass is 79.9. The van der Waals surface area contributed by atoms with Crippen LogP contribution in [0, 0.1) is 0 Å². The lowest BCUT2D eigenvalue weighted by molar-refractivity contribution is 0.588. The van der Waals surface area contributed by atoms with Crippen LogP contribution < -0.4 is 10.6 Å². The first kappa shape index (κ1) is 15.9. The Balaban J connectivity index is 1.88. The molecule has 3 aromatic rings. The largest absolute Gasteiger partial charge is 0.339 e. The van der Waals surface area contributed by atoms with Crippen LogP contribution >= 0.6 is 23.1 Å². The third-order valence-electron chi connectivity index (χ3n) is 4.25. The van der Waals surface area contributed by atoms with Crippen molar-refractivity contribution in [1.29, 1.82) is 0 Å². The molecule has 2 aromatic heterocycles.